The number of aryl methyl sites for hydroxylation is 1. The molecular weight excluding hydrogens is 238 g/mol. The molecule has 2 rings (SSSR count). The molecule has 0 aliphatic heterocycles. The monoisotopic (exact) mass is 253 g/mol. The van der Waals surface area contributed by atoms with E-state index in [1.54, 1.807) is 6.07 Å². The van der Waals surface area contributed by atoms with Gasteiger partial charge in [0.05, 0.1) is 10.3 Å². The van der Waals surface area contributed by atoms with E-state index in [9.17, 15) is 9.59 Å². The molecule has 1 fully saturated rings. The molecular formula is C12H15NO3S. The van der Waals surface area contributed by atoms with Crippen molar-refractivity contribution in [2.24, 2.45) is 5.41 Å². The number of carbonyl (C=O) groups excluding carboxylic acids is 1. The zero-order valence-electron chi connectivity index (χ0n) is 9.66. The highest BCUT2D eigenvalue weighted by Gasteiger charge is 2.44. The fourth-order valence-corrected chi connectivity index (χ4v) is 2.75. The van der Waals surface area contributed by atoms with Crippen molar-refractivity contribution < 1.29 is 14.7 Å². The van der Waals surface area contributed by atoms with E-state index in [0.717, 1.165) is 11.3 Å². The van der Waals surface area contributed by atoms with Crippen LogP contribution in [0.5, 0.6) is 0 Å². The summed E-state index contributed by atoms with van der Waals surface area (Å²) in [5.74, 6) is -0.970. The lowest BCUT2D eigenvalue weighted by molar-refractivity contribution is -0.153. The van der Waals surface area contributed by atoms with Gasteiger partial charge in [-0.3, -0.25) is 9.59 Å². The molecule has 0 unspecified atom stereocenters. The van der Waals surface area contributed by atoms with E-state index < -0.39 is 11.4 Å². The molecule has 1 aromatic heterocycles. The van der Waals surface area contributed by atoms with Gasteiger partial charge in [0.1, 0.15) is 0 Å². The molecule has 17 heavy (non-hydrogen) atoms. The lowest BCUT2D eigenvalue weighted by Crippen LogP contribution is -2.47. The molecule has 0 atom stereocenters. The first-order valence-corrected chi connectivity index (χ1v) is 6.43. The minimum absolute atomic E-state index is 0.171. The topological polar surface area (TPSA) is 66.4 Å². The van der Waals surface area contributed by atoms with Gasteiger partial charge >= 0.3 is 5.97 Å². The van der Waals surface area contributed by atoms with Crippen molar-refractivity contribution in [1.82, 2.24) is 5.32 Å². The second kappa shape index (κ2) is 4.49. The first-order valence-electron chi connectivity index (χ1n) is 5.62. The van der Waals surface area contributed by atoms with Crippen molar-refractivity contribution in [2.75, 3.05) is 6.54 Å². The molecule has 0 bridgehead atoms. The van der Waals surface area contributed by atoms with Crippen molar-refractivity contribution in [3.8, 4) is 0 Å². The minimum Gasteiger partial charge on any atom is -0.481 e. The molecule has 2 N–H and O–H groups in total. The summed E-state index contributed by atoms with van der Waals surface area (Å²) in [7, 11) is 0. The minimum atomic E-state index is -0.800. The molecule has 1 aromatic rings. The third-order valence-corrected chi connectivity index (χ3v) is 4.32. The Bertz CT molecular complexity index is 448. The van der Waals surface area contributed by atoms with Crippen molar-refractivity contribution >= 4 is 23.2 Å². The molecule has 1 aliphatic carbocycles. The highest BCUT2D eigenvalue weighted by Crippen LogP contribution is 2.40. The fourth-order valence-electron chi connectivity index (χ4n) is 1.96. The zero-order chi connectivity index (χ0) is 12.5. The van der Waals surface area contributed by atoms with Crippen LogP contribution in [0, 0.1) is 12.3 Å². The van der Waals surface area contributed by atoms with Gasteiger partial charge in [-0.2, -0.15) is 0 Å². The number of carboxylic acids is 1. The van der Waals surface area contributed by atoms with E-state index in [4.69, 9.17) is 5.11 Å². The number of nitrogens with one attached hydrogen (secondary N) is 1. The van der Waals surface area contributed by atoms with E-state index in [2.05, 4.69) is 5.32 Å². The van der Waals surface area contributed by atoms with Crippen molar-refractivity contribution in [1.29, 1.82) is 0 Å². The normalized spacial score (nSPS) is 17.2. The number of carboxylic acid groups (broad SMARTS) is 1. The second-order valence-electron chi connectivity index (χ2n) is 4.53. The zero-order valence-corrected chi connectivity index (χ0v) is 10.5. The summed E-state index contributed by atoms with van der Waals surface area (Å²) in [6.07, 6.45) is 2.25. The van der Waals surface area contributed by atoms with Gasteiger partial charge in [0.15, 0.2) is 0 Å². The van der Waals surface area contributed by atoms with Crippen molar-refractivity contribution in [3.63, 3.8) is 0 Å². The Morgan fingerprint density at radius 1 is 1.47 bits per heavy atom. The van der Waals surface area contributed by atoms with Crippen LogP contribution in [-0.4, -0.2) is 23.5 Å². The maximum absolute atomic E-state index is 11.8. The Morgan fingerprint density at radius 3 is 2.59 bits per heavy atom. The Kier molecular flexibility index (Phi) is 3.19. The summed E-state index contributed by atoms with van der Waals surface area (Å²) in [5, 5.41) is 11.8. The highest BCUT2D eigenvalue weighted by molar-refractivity contribution is 7.13. The van der Waals surface area contributed by atoms with Crippen LogP contribution in [0.3, 0.4) is 0 Å². The van der Waals surface area contributed by atoms with Gasteiger partial charge < -0.3 is 10.4 Å². The van der Waals surface area contributed by atoms with Crippen LogP contribution < -0.4 is 5.32 Å². The Hall–Kier alpha value is -1.36. The number of thiophene rings is 1. The molecule has 5 heteroatoms. The second-order valence-corrected chi connectivity index (χ2v) is 5.82. The highest BCUT2D eigenvalue weighted by atomic mass is 32.1. The molecule has 0 radical (unpaired) electrons. The summed E-state index contributed by atoms with van der Waals surface area (Å²) < 4.78 is 0. The van der Waals surface area contributed by atoms with Crippen LogP contribution >= 0.6 is 11.3 Å². The number of amides is 1. The molecule has 92 valence electrons. The number of rotatable bonds is 4. The van der Waals surface area contributed by atoms with Crippen molar-refractivity contribution in [3.05, 3.63) is 21.9 Å². The molecule has 0 spiro atoms. The van der Waals surface area contributed by atoms with Crippen LogP contribution in [-0.2, 0) is 4.79 Å². The summed E-state index contributed by atoms with van der Waals surface area (Å²) in [5.41, 5.74) is -0.720. The number of carbonyl (C=O) groups is 2. The molecule has 1 saturated carbocycles. The first-order chi connectivity index (χ1) is 8.03. The van der Waals surface area contributed by atoms with Gasteiger partial charge in [-0.05, 0) is 31.9 Å². The standard InChI is InChI=1S/C12H15NO3S/c1-8-3-4-9(17-8)10(14)13-7-12(11(15)16)5-2-6-12/h3-4H,2,5-7H2,1H3,(H,13,14)(H,15,16). The van der Waals surface area contributed by atoms with Crippen LogP contribution in [0.25, 0.3) is 0 Å². The SMILES string of the molecule is Cc1ccc(C(=O)NCC2(C(=O)O)CCC2)s1. The maximum atomic E-state index is 11.8. The van der Waals surface area contributed by atoms with Gasteiger partial charge in [0.2, 0.25) is 0 Å². The van der Waals surface area contributed by atoms with E-state index in [1.165, 1.54) is 11.3 Å². The Labute approximate surface area is 104 Å². The maximum Gasteiger partial charge on any atom is 0.311 e. The number of hydrogen-bond acceptors (Lipinski definition) is 3. The van der Waals surface area contributed by atoms with Crippen LogP contribution in [0.1, 0.15) is 33.8 Å². The van der Waals surface area contributed by atoms with E-state index in [1.807, 2.05) is 13.0 Å². The molecule has 0 saturated heterocycles. The molecule has 1 amide bonds. The quantitative estimate of drug-likeness (QED) is 0.863. The van der Waals surface area contributed by atoms with Gasteiger partial charge in [0.25, 0.3) is 5.91 Å². The predicted octanol–water partition coefficient (Wildman–Crippen LogP) is 2.04. The smallest absolute Gasteiger partial charge is 0.311 e. The van der Waals surface area contributed by atoms with E-state index >= 15 is 0 Å². The lowest BCUT2D eigenvalue weighted by Gasteiger charge is -2.37. The van der Waals surface area contributed by atoms with Crippen LogP contribution in [0.2, 0.25) is 0 Å². The molecule has 1 heterocycles. The molecule has 4 nitrogen and oxygen atoms in total. The first kappa shape index (κ1) is 12.1. The van der Waals surface area contributed by atoms with E-state index in [-0.39, 0.29) is 12.5 Å². The average molecular weight is 253 g/mol. The summed E-state index contributed by atoms with van der Waals surface area (Å²) >= 11 is 1.42. The molecule has 1 aliphatic rings. The summed E-state index contributed by atoms with van der Waals surface area (Å²) in [4.78, 5) is 24.6. The predicted molar refractivity (Wildman–Crippen MR) is 65.3 cm³/mol. The van der Waals surface area contributed by atoms with Crippen LogP contribution in [0.15, 0.2) is 12.1 Å². The molecule has 0 aromatic carbocycles. The van der Waals surface area contributed by atoms with Gasteiger partial charge in [-0.25, -0.2) is 0 Å². The lowest BCUT2D eigenvalue weighted by atomic mass is 9.69. The summed E-state index contributed by atoms with van der Waals surface area (Å²) in [6.45, 7) is 2.17. The third kappa shape index (κ3) is 2.34. The van der Waals surface area contributed by atoms with Gasteiger partial charge in [-0.15, -0.1) is 11.3 Å². The Morgan fingerprint density at radius 2 is 2.18 bits per heavy atom. The number of aliphatic carboxylic acids is 1. The average Bonchev–Trinajstić information content (AvgIpc) is 2.62. The van der Waals surface area contributed by atoms with Gasteiger partial charge in [0, 0.05) is 11.4 Å². The third-order valence-electron chi connectivity index (χ3n) is 3.32. The van der Waals surface area contributed by atoms with Gasteiger partial charge in [-0.1, -0.05) is 6.42 Å². The Balaban J connectivity index is 1.94. The number of hydrogen-bond donors (Lipinski definition) is 2. The van der Waals surface area contributed by atoms with E-state index in [0.29, 0.717) is 17.7 Å². The summed E-state index contributed by atoms with van der Waals surface area (Å²) in [6, 6.07) is 3.65. The van der Waals surface area contributed by atoms with Crippen LogP contribution in [0.4, 0.5) is 0 Å². The largest absolute Gasteiger partial charge is 0.481 e. The fraction of sp³-hybridized carbons (Fsp3) is 0.500. The van der Waals surface area contributed by atoms with Crippen molar-refractivity contribution in [2.45, 2.75) is 26.2 Å².